The third kappa shape index (κ3) is 1.97. The van der Waals surface area contributed by atoms with Crippen molar-refractivity contribution in [1.82, 2.24) is 15.1 Å². The molecule has 0 radical (unpaired) electrons. The summed E-state index contributed by atoms with van der Waals surface area (Å²) in [5.74, 6) is -0.596. The Hall–Kier alpha value is -2.89. The standard InChI is InChI=1S/C14H12N4O2/c1-8-3-4-12-11(5-8)9(2)16-14(17-12)18-7-10(6-15-18)13(19)20/h3-7H,2H2,1H3,(H,16,17)(H,19,20). The number of nitrogens with zero attached hydrogens (tertiary/aromatic N) is 3. The first-order valence-corrected chi connectivity index (χ1v) is 5.98. The molecule has 0 amide bonds. The van der Waals surface area contributed by atoms with Gasteiger partial charge in [0.25, 0.3) is 0 Å². The number of aromatic nitrogens is 2. The van der Waals surface area contributed by atoms with Gasteiger partial charge < -0.3 is 10.4 Å². The van der Waals surface area contributed by atoms with E-state index < -0.39 is 5.97 Å². The average Bonchev–Trinajstić information content (AvgIpc) is 2.89. The van der Waals surface area contributed by atoms with Gasteiger partial charge in [-0.3, -0.25) is 0 Å². The Morgan fingerprint density at radius 1 is 1.45 bits per heavy atom. The van der Waals surface area contributed by atoms with E-state index in [0.29, 0.717) is 11.7 Å². The lowest BCUT2D eigenvalue weighted by molar-refractivity contribution is 0.0697. The highest BCUT2D eigenvalue weighted by Gasteiger charge is 2.17. The second-order valence-electron chi connectivity index (χ2n) is 4.54. The SMILES string of the molecule is C=C1NC(n2cc(C(=O)O)cn2)=Nc2ccc(C)cc21. The molecule has 1 aliphatic rings. The van der Waals surface area contributed by atoms with Crippen molar-refractivity contribution in [2.24, 2.45) is 4.99 Å². The Balaban J connectivity index is 2.05. The molecule has 2 heterocycles. The first-order chi connectivity index (χ1) is 9.54. The number of aryl methyl sites for hydroxylation is 1. The van der Waals surface area contributed by atoms with Crippen LogP contribution >= 0.6 is 0 Å². The van der Waals surface area contributed by atoms with E-state index in [1.54, 1.807) is 0 Å². The molecule has 100 valence electrons. The van der Waals surface area contributed by atoms with Gasteiger partial charge in [-0.1, -0.05) is 18.2 Å². The van der Waals surface area contributed by atoms with Gasteiger partial charge in [0.1, 0.15) is 0 Å². The number of hydrogen-bond acceptors (Lipinski definition) is 4. The van der Waals surface area contributed by atoms with E-state index >= 15 is 0 Å². The lowest BCUT2D eigenvalue weighted by Gasteiger charge is -2.19. The van der Waals surface area contributed by atoms with E-state index in [1.807, 2.05) is 25.1 Å². The van der Waals surface area contributed by atoms with Gasteiger partial charge in [0.15, 0.2) is 0 Å². The van der Waals surface area contributed by atoms with Crippen molar-refractivity contribution in [2.75, 3.05) is 0 Å². The van der Waals surface area contributed by atoms with Crippen molar-refractivity contribution in [3.05, 3.63) is 53.9 Å². The van der Waals surface area contributed by atoms with Crippen molar-refractivity contribution in [2.45, 2.75) is 6.92 Å². The number of carboxylic acids is 1. The molecule has 20 heavy (non-hydrogen) atoms. The third-order valence-corrected chi connectivity index (χ3v) is 3.01. The molecule has 6 heteroatoms. The number of aliphatic imine (C=N–C) groups is 1. The fourth-order valence-corrected chi connectivity index (χ4v) is 1.99. The minimum atomic E-state index is -1.03. The molecular weight excluding hydrogens is 256 g/mol. The highest BCUT2D eigenvalue weighted by Crippen LogP contribution is 2.28. The minimum Gasteiger partial charge on any atom is -0.478 e. The first kappa shape index (κ1) is 12.2. The van der Waals surface area contributed by atoms with E-state index in [9.17, 15) is 4.79 Å². The van der Waals surface area contributed by atoms with E-state index in [1.165, 1.54) is 17.1 Å². The molecule has 1 aliphatic heterocycles. The Bertz CT molecular complexity index is 758. The molecule has 6 nitrogen and oxygen atoms in total. The molecule has 0 saturated heterocycles. The topological polar surface area (TPSA) is 79.5 Å². The minimum absolute atomic E-state index is 0.106. The monoisotopic (exact) mass is 268 g/mol. The van der Waals surface area contributed by atoms with Gasteiger partial charge in [-0.15, -0.1) is 0 Å². The number of aromatic carboxylic acids is 1. The van der Waals surface area contributed by atoms with E-state index in [0.717, 1.165) is 16.8 Å². The van der Waals surface area contributed by atoms with E-state index in [4.69, 9.17) is 5.11 Å². The van der Waals surface area contributed by atoms with Crippen LogP contribution in [-0.4, -0.2) is 26.8 Å². The van der Waals surface area contributed by atoms with Gasteiger partial charge in [0, 0.05) is 17.5 Å². The molecule has 2 N–H and O–H groups in total. The molecule has 0 atom stereocenters. The van der Waals surface area contributed by atoms with Crippen LogP contribution in [0.5, 0.6) is 0 Å². The second kappa shape index (κ2) is 4.34. The van der Waals surface area contributed by atoms with Crippen LogP contribution in [0.1, 0.15) is 21.5 Å². The quantitative estimate of drug-likeness (QED) is 0.829. The van der Waals surface area contributed by atoms with Gasteiger partial charge in [0.2, 0.25) is 5.96 Å². The van der Waals surface area contributed by atoms with Crippen LogP contribution in [0, 0.1) is 6.92 Å². The Morgan fingerprint density at radius 2 is 2.25 bits per heavy atom. The number of hydrogen-bond donors (Lipinski definition) is 2. The van der Waals surface area contributed by atoms with E-state index in [2.05, 4.69) is 22.0 Å². The van der Waals surface area contributed by atoms with Crippen molar-refractivity contribution in [3.8, 4) is 0 Å². The summed E-state index contributed by atoms with van der Waals surface area (Å²) in [6, 6.07) is 5.86. The summed E-state index contributed by atoms with van der Waals surface area (Å²) in [5, 5.41) is 15.9. The Kier molecular flexibility index (Phi) is 2.64. The van der Waals surface area contributed by atoms with Crippen LogP contribution in [0.15, 0.2) is 42.2 Å². The summed E-state index contributed by atoms with van der Waals surface area (Å²) in [4.78, 5) is 15.3. The van der Waals surface area contributed by atoms with Crippen LogP contribution in [0.2, 0.25) is 0 Å². The number of benzene rings is 1. The Morgan fingerprint density at radius 3 is 2.95 bits per heavy atom. The molecule has 0 fully saturated rings. The van der Waals surface area contributed by atoms with Crippen LogP contribution in [0.4, 0.5) is 5.69 Å². The summed E-state index contributed by atoms with van der Waals surface area (Å²) in [7, 11) is 0. The molecule has 1 aromatic carbocycles. The van der Waals surface area contributed by atoms with Gasteiger partial charge >= 0.3 is 5.97 Å². The smallest absolute Gasteiger partial charge is 0.338 e. The second-order valence-corrected chi connectivity index (χ2v) is 4.54. The summed E-state index contributed by atoms with van der Waals surface area (Å²) < 4.78 is 1.39. The van der Waals surface area contributed by atoms with Crippen LogP contribution < -0.4 is 5.32 Å². The molecule has 0 saturated carbocycles. The number of carboxylic acid groups (broad SMARTS) is 1. The zero-order chi connectivity index (χ0) is 14.3. The molecule has 0 aliphatic carbocycles. The highest BCUT2D eigenvalue weighted by molar-refractivity contribution is 5.98. The molecule has 0 unspecified atom stereocenters. The molecule has 2 aromatic rings. The largest absolute Gasteiger partial charge is 0.478 e. The zero-order valence-electron chi connectivity index (χ0n) is 10.8. The van der Waals surface area contributed by atoms with Crippen LogP contribution in [-0.2, 0) is 0 Å². The molecular formula is C14H12N4O2. The summed E-state index contributed by atoms with van der Waals surface area (Å²) >= 11 is 0. The highest BCUT2D eigenvalue weighted by atomic mass is 16.4. The maximum absolute atomic E-state index is 10.9. The molecule has 0 spiro atoms. The lowest BCUT2D eigenvalue weighted by Crippen LogP contribution is -2.31. The van der Waals surface area contributed by atoms with Crippen molar-refractivity contribution in [1.29, 1.82) is 0 Å². The fraction of sp³-hybridized carbons (Fsp3) is 0.0714. The predicted octanol–water partition coefficient (Wildman–Crippen LogP) is 2.00. The number of nitrogens with one attached hydrogen (secondary N) is 1. The van der Waals surface area contributed by atoms with Gasteiger partial charge in [0.05, 0.1) is 17.4 Å². The summed E-state index contributed by atoms with van der Waals surface area (Å²) in [5.41, 5.74) is 3.65. The summed E-state index contributed by atoms with van der Waals surface area (Å²) in [6.07, 6.45) is 2.68. The van der Waals surface area contributed by atoms with Crippen molar-refractivity contribution < 1.29 is 9.90 Å². The van der Waals surface area contributed by atoms with Gasteiger partial charge in [-0.05, 0) is 19.1 Å². The molecule has 3 rings (SSSR count). The fourth-order valence-electron chi connectivity index (χ4n) is 1.99. The number of carbonyl (C=O) groups is 1. The predicted molar refractivity (Wildman–Crippen MR) is 75.0 cm³/mol. The maximum Gasteiger partial charge on any atom is 0.338 e. The van der Waals surface area contributed by atoms with Gasteiger partial charge in [-0.2, -0.15) is 5.10 Å². The zero-order valence-corrected chi connectivity index (χ0v) is 10.8. The van der Waals surface area contributed by atoms with Crippen molar-refractivity contribution in [3.63, 3.8) is 0 Å². The maximum atomic E-state index is 10.9. The van der Waals surface area contributed by atoms with E-state index in [-0.39, 0.29) is 5.56 Å². The van der Waals surface area contributed by atoms with Gasteiger partial charge in [-0.25, -0.2) is 14.5 Å². The van der Waals surface area contributed by atoms with Crippen molar-refractivity contribution >= 4 is 23.3 Å². The Labute approximate surface area is 115 Å². The number of fused-ring (bicyclic) bond motifs is 1. The molecule has 0 bridgehead atoms. The van der Waals surface area contributed by atoms with Crippen LogP contribution in [0.3, 0.4) is 0 Å². The lowest BCUT2D eigenvalue weighted by atomic mass is 10.1. The molecule has 1 aromatic heterocycles. The normalized spacial score (nSPS) is 13.4. The summed E-state index contributed by atoms with van der Waals surface area (Å²) in [6.45, 7) is 5.96. The first-order valence-electron chi connectivity index (χ1n) is 5.98. The van der Waals surface area contributed by atoms with Crippen LogP contribution in [0.25, 0.3) is 5.70 Å². The third-order valence-electron chi connectivity index (χ3n) is 3.01. The number of rotatable bonds is 1. The average molecular weight is 268 g/mol.